The Kier molecular flexibility index (Phi) is 3.98. The molecule has 0 atom stereocenters. The molecule has 0 amide bonds. The molecule has 0 fully saturated rings. The fraction of sp³-hybridized carbons (Fsp3) is 0.727. The molecular formula is C11H21N3. The van der Waals surface area contributed by atoms with Crippen molar-refractivity contribution in [1.82, 2.24) is 9.55 Å². The highest BCUT2D eigenvalue weighted by molar-refractivity contribution is 5.42. The number of aryl methyl sites for hydroxylation is 2. The second kappa shape index (κ2) is 5.03. The molecule has 1 aromatic heterocycles. The Balaban J connectivity index is 0.000000461. The van der Waals surface area contributed by atoms with Crippen molar-refractivity contribution in [2.45, 2.75) is 46.6 Å². The third kappa shape index (κ3) is 1.91. The van der Waals surface area contributed by atoms with Gasteiger partial charge in [0.2, 0.25) is 0 Å². The number of nitrogens with one attached hydrogen (secondary N) is 1. The average molecular weight is 195 g/mol. The number of hydrogen-bond donors (Lipinski definition) is 1. The second-order valence-electron chi connectivity index (χ2n) is 3.32. The average Bonchev–Trinajstić information content (AvgIpc) is 2.56. The molecule has 0 radical (unpaired) electrons. The molecule has 1 N–H and O–H groups in total. The largest absolute Gasteiger partial charge is 0.373 e. The van der Waals surface area contributed by atoms with Crippen molar-refractivity contribution < 1.29 is 0 Å². The zero-order chi connectivity index (χ0) is 10.6. The fourth-order valence-electron chi connectivity index (χ4n) is 1.93. The summed E-state index contributed by atoms with van der Waals surface area (Å²) >= 11 is 0. The zero-order valence-corrected chi connectivity index (χ0v) is 9.72. The highest BCUT2D eigenvalue weighted by atomic mass is 15.2. The molecule has 80 valence electrons. The molecule has 0 spiro atoms. The minimum Gasteiger partial charge on any atom is -0.373 e. The van der Waals surface area contributed by atoms with Gasteiger partial charge in [0.15, 0.2) is 0 Å². The van der Waals surface area contributed by atoms with Crippen LogP contribution in [0.4, 0.5) is 5.82 Å². The molecule has 2 rings (SSSR count). The van der Waals surface area contributed by atoms with E-state index < -0.39 is 0 Å². The highest BCUT2D eigenvalue weighted by Gasteiger charge is 2.15. The number of imidazole rings is 1. The minimum atomic E-state index is 1.13. The first-order valence-electron chi connectivity index (χ1n) is 5.56. The Bertz CT molecular complexity index is 289. The summed E-state index contributed by atoms with van der Waals surface area (Å²) in [7, 11) is 1.96. The van der Waals surface area contributed by atoms with Crippen molar-refractivity contribution in [3.05, 3.63) is 11.5 Å². The van der Waals surface area contributed by atoms with Gasteiger partial charge in [-0.3, -0.25) is 0 Å². The molecule has 0 aliphatic carbocycles. The molecule has 0 saturated heterocycles. The summed E-state index contributed by atoms with van der Waals surface area (Å²) < 4.78 is 2.30. The normalized spacial score (nSPS) is 14.0. The number of anilines is 1. The zero-order valence-electron chi connectivity index (χ0n) is 9.72. The monoisotopic (exact) mass is 195 g/mol. The van der Waals surface area contributed by atoms with Crippen molar-refractivity contribution in [1.29, 1.82) is 0 Å². The van der Waals surface area contributed by atoms with Crippen LogP contribution in [-0.2, 0) is 13.0 Å². The highest BCUT2D eigenvalue weighted by Crippen LogP contribution is 2.22. The molecule has 1 aromatic rings. The van der Waals surface area contributed by atoms with E-state index in [9.17, 15) is 0 Å². The Morgan fingerprint density at radius 2 is 2.00 bits per heavy atom. The number of nitrogens with zero attached hydrogens (tertiary/aromatic N) is 2. The first kappa shape index (κ1) is 11.1. The van der Waals surface area contributed by atoms with Crippen LogP contribution in [0.5, 0.6) is 0 Å². The van der Waals surface area contributed by atoms with Crippen molar-refractivity contribution >= 4 is 5.82 Å². The van der Waals surface area contributed by atoms with Gasteiger partial charge < -0.3 is 9.88 Å². The summed E-state index contributed by atoms with van der Waals surface area (Å²) in [6.07, 6.45) is 3.72. The second-order valence-corrected chi connectivity index (χ2v) is 3.32. The van der Waals surface area contributed by atoms with Crippen LogP contribution < -0.4 is 5.32 Å². The molecule has 3 heteroatoms. The lowest BCUT2D eigenvalue weighted by Crippen LogP contribution is -2.12. The van der Waals surface area contributed by atoms with Gasteiger partial charge in [-0.1, -0.05) is 13.8 Å². The molecule has 0 aromatic carbocycles. The Morgan fingerprint density at radius 3 is 2.64 bits per heavy atom. The summed E-state index contributed by atoms with van der Waals surface area (Å²) in [5.41, 5.74) is 1.13. The fourth-order valence-corrected chi connectivity index (χ4v) is 1.93. The standard InChI is InChI=1S/C9H15N3.C2H6/c1-7-9(10-2)12-6-4-3-5-8(12)11-7;1-2/h10H,3-6H2,1-2H3;1-2H3. The molecule has 14 heavy (non-hydrogen) atoms. The van der Waals surface area contributed by atoms with Crippen LogP contribution in [0.3, 0.4) is 0 Å². The summed E-state index contributed by atoms with van der Waals surface area (Å²) in [6.45, 7) is 7.20. The number of fused-ring (bicyclic) bond motifs is 1. The van der Waals surface area contributed by atoms with E-state index in [0.29, 0.717) is 0 Å². The predicted molar refractivity (Wildman–Crippen MR) is 60.8 cm³/mol. The lowest BCUT2D eigenvalue weighted by atomic mass is 10.2. The van der Waals surface area contributed by atoms with Gasteiger partial charge in [0.25, 0.3) is 0 Å². The van der Waals surface area contributed by atoms with Gasteiger partial charge in [0.1, 0.15) is 11.6 Å². The molecule has 2 heterocycles. The minimum absolute atomic E-state index is 1.13. The molecule has 3 nitrogen and oxygen atoms in total. The van der Waals surface area contributed by atoms with Crippen LogP contribution in [0.1, 0.15) is 38.2 Å². The first-order chi connectivity index (χ1) is 6.83. The number of rotatable bonds is 1. The van der Waals surface area contributed by atoms with E-state index in [2.05, 4.69) is 21.8 Å². The van der Waals surface area contributed by atoms with E-state index >= 15 is 0 Å². The van der Waals surface area contributed by atoms with Crippen LogP contribution in [0.25, 0.3) is 0 Å². The van der Waals surface area contributed by atoms with Crippen LogP contribution in [0.15, 0.2) is 0 Å². The van der Waals surface area contributed by atoms with Gasteiger partial charge in [-0.2, -0.15) is 0 Å². The van der Waals surface area contributed by atoms with Crippen molar-refractivity contribution in [2.75, 3.05) is 12.4 Å². The quantitative estimate of drug-likeness (QED) is 0.746. The van der Waals surface area contributed by atoms with Crippen LogP contribution in [0, 0.1) is 6.92 Å². The molecule has 0 unspecified atom stereocenters. The van der Waals surface area contributed by atoms with Crippen LogP contribution in [-0.4, -0.2) is 16.6 Å². The number of hydrogen-bond acceptors (Lipinski definition) is 2. The first-order valence-corrected chi connectivity index (χ1v) is 5.56. The molecule has 1 aliphatic heterocycles. The van der Waals surface area contributed by atoms with Gasteiger partial charge in [-0.15, -0.1) is 0 Å². The van der Waals surface area contributed by atoms with Gasteiger partial charge in [0.05, 0.1) is 5.69 Å². The summed E-state index contributed by atoms with van der Waals surface area (Å²) in [5, 5.41) is 3.20. The van der Waals surface area contributed by atoms with Crippen molar-refractivity contribution in [3.63, 3.8) is 0 Å². The molecular weight excluding hydrogens is 174 g/mol. The van der Waals surface area contributed by atoms with Gasteiger partial charge >= 0.3 is 0 Å². The molecule has 1 aliphatic rings. The van der Waals surface area contributed by atoms with Crippen LogP contribution in [0.2, 0.25) is 0 Å². The maximum atomic E-state index is 4.52. The maximum Gasteiger partial charge on any atom is 0.128 e. The van der Waals surface area contributed by atoms with Crippen molar-refractivity contribution in [2.24, 2.45) is 0 Å². The van der Waals surface area contributed by atoms with Crippen LogP contribution >= 0.6 is 0 Å². The van der Waals surface area contributed by atoms with E-state index in [4.69, 9.17) is 0 Å². The third-order valence-electron chi connectivity index (χ3n) is 2.49. The van der Waals surface area contributed by atoms with E-state index in [0.717, 1.165) is 18.7 Å². The smallest absolute Gasteiger partial charge is 0.128 e. The SMILES string of the molecule is CC.CNc1c(C)nc2n1CCCC2. The summed E-state index contributed by atoms with van der Waals surface area (Å²) in [4.78, 5) is 4.52. The molecule has 0 saturated carbocycles. The van der Waals surface area contributed by atoms with Gasteiger partial charge in [-0.25, -0.2) is 4.98 Å². The Labute approximate surface area is 86.5 Å². The maximum absolute atomic E-state index is 4.52. The van der Waals surface area contributed by atoms with E-state index in [1.54, 1.807) is 0 Å². The topological polar surface area (TPSA) is 29.9 Å². The predicted octanol–water partition coefficient (Wildman–Crippen LogP) is 2.60. The summed E-state index contributed by atoms with van der Waals surface area (Å²) in [5.74, 6) is 2.45. The lowest BCUT2D eigenvalue weighted by Gasteiger charge is -2.15. The molecule has 0 bridgehead atoms. The van der Waals surface area contributed by atoms with E-state index in [-0.39, 0.29) is 0 Å². The van der Waals surface area contributed by atoms with Gasteiger partial charge in [0, 0.05) is 20.0 Å². The Hall–Kier alpha value is -0.990. The number of aromatic nitrogens is 2. The lowest BCUT2D eigenvalue weighted by molar-refractivity contribution is 0.526. The summed E-state index contributed by atoms with van der Waals surface area (Å²) in [6, 6.07) is 0. The van der Waals surface area contributed by atoms with Crippen molar-refractivity contribution in [3.8, 4) is 0 Å². The Morgan fingerprint density at radius 1 is 1.29 bits per heavy atom. The van der Waals surface area contributed by atoms with E-state index in [1.807, 2.05) is 20.9 Å². The van der Waals surface area contributed by atoms with Gasteiger partial charge in [-0.05, 0) is 19.8 Å². The van der Waals surface area contributed by atoms with E-state index in [1.165, 1.54) is 24.5 Å². The third-order valence-corrected chi connectivity index (χ3v) is 2.49.